The van der Waals surface area contributed by atoms with Crippen molar-refractivity contribution >= 4 is 0 Å². The summed E-state index contributed by atoms with van der Waals surface area (Å²) in [5.41, 5.74) is 0. The number of rotatable bonds is 4. The molecule has 3 nitrogen and oxygen atoms in total. The molecule has 1 N–H and O–H groups in total. The quantitative estimate of drug-likeness (QED) is 0.791. The first-order valence-electron chi connectivity index (χ1n) is 7.52. The van der Waals surface area contributed by atoms with Crippen LogP contribution in [0.3, 0.4) is 0 Å². The Morgan fingerprint density at radius 2 is 1.88 bits per heavy atom. The van der Waals surface area contributed by atoms with E-state index in [0.29, 0.717) is 0 Å². The van der Waals surface area contributed by atoms with E-state index in [9.17, 15) is 0 Å². The van der Waals surface area contributed by atoms with Gasteiger partial charge in [-0.3, -0.25) is 9.80 Å². The maximum Gasteiger partial charge on any atom is 0.0351 e. The molecule has 1 unspecified atom stereocenters. The van der Waals surface area contributed by atoms with Crippen molar-refractivity contribution in [3.05, 3.63) is 0 Å². The molecule has 3 aliphatic rings. The molecule has 0 aromatic heterocycles. The molecule has 0 bridgehead atoms. The van der Waals surface area contributed by atoms with Crippen molar-refractivity contribution in [2.75, 3.05) is 39.3 Å². The topological polar surface area (TPSA) is 18.5 Å². The van der Waals surface area contributed by atoms with Crippen LogP contribution in [0.4, 0.5) is 0 Å². The Morgan fingerprint density at radius 3 is 2.47 bits per heavy atom. The molecule has 0 aromatic carbocycles. The second-order valence-electron chi connectivity index (χ2n) is 6.28. The number of nitrogens with one attached hydrogen (secondary N) is 1. The fourth-order valence-corrected chi connectivity index (χ4v) is 3.49. The minimum atomic E-state index is 0.833. The summed E-state index contributed by atoms with van der Waals surface area (Å²) in [6.07, 6.45) is 5.94. The van der Waals surface area contributed by atoms with Crippen LogP contribution in [0.25, 0.3) is 0 Å². The van der Waals surface area contributed by atoms with Crippen molar-refractivity contribution in [1.82, 2.24) is 15.1 Å². The van der Waals surface area contributed by atoms with Crippen LogP contribution in [-0.2, 0) is 0 Å². The third kappa shape index (κ3) is 2.67. The molecule has 1 aliphatic carbocycles. The fraction of sp³-hybridized carbons (Fsp3) is 1.00. The van der Waals surface area contributed by atoms with Gasteiger partial charge in [0.15, 0.2) is 0 Å². The van der Waals surface area contributed by atoms with E-state index in [2.05, 4.69) is 22.0 Å². The summed E-state index contributed by atoms with van der Waals surface area (Å²) < 4.78 is 0. The molecule has 1 atom stereocenters. The zero-order valence-electron chi connectivity index (χ0n) is 11.2. The Morgan fingerprint density at radius 1 is 1.18 bits per heavy atom. The Hall–Kier alpha value is -0.120. The maximum absolute atomic E-state index is 3.44. The van der Waals surface area contributed by atoms with Crippen LogP contribution in [-0.4, -0.2) is 61.2 Å². The molecule has 0 radical (unpaired) electrons. The largest absolute Gasteiger partial charge is 0.314 e. The van der Waals surface area contributed by atoms with Gasteiger partial charge in [0.2, 0.25) is 0 Å². The molecule has 3 fully saturated rings. The molecule has 3 heteroatoms. The monoisotopic (exact) mass is 237 g/mol. The zero-order chi connectivity index (χ0) is 11.7. The molecule has 2 heterocycles. The van der Waals surface area contributed by atoms with Crippen LogP contribution in [0.5, 0.6) is 0 Å². The summed E-state index contributed by atoms with van der Waals surface area (Å²) in [6, 6.07) is 1.69. The predicted molar refractivity (Wildman–Crippen MR) is 71.2 cm³/mol. The number of piperazine rings is 1. The number of hydrogen-bond acceptors (Lipinski definition) is 3. The zero-order valence-corrected chi connectivity index (χ0v) is 11.2. The molecule has 98 valence electrons. The lowest BCUT2D eigenvalue weighted by atomic mass is 9.80. The Bertz CT molecular complexity index is 240. The lowest BCUT2D eigenvalue weighted by Gasteiger charge is -2.50. The normalized spacial score (nSPS) is 30.9. The second-order valence-corrected chi connectivity index (χ2v) is 6.28. The molecular weight excluding hydrogens is 210 g/mol. The molecule has 0 spiro atoms. The van der Waals surface area contributed by atoms with Crippen molar-refractivity contribution in [3.8, 4) is 0 Å². The van der Waals surface area contributed by atoms with Gasteiger partial charge in [-0.05, 0) is 19.3 Å². The highest BCUT2D eigenvalue weighted by atomic mass is 15.3. The standard InChI is InChI=1S/C14H27N3/c1-12(9-13-3-2-4-13)17-10-14(11-17)16-7-5-15-6-8-16/h12-15H,2-11H2,1H3. The average molecular weight is 237 g/mol. The Balaban J connectivity index is 1.37. The van der Waals surface area contributed by atoms with Gasteiger partial charge in [-0.15, -0.1) is 0 Å². The number of nitrogens with zero attached hydrogens (tertiary/aromatic N) is 2. The highest BCUT2D eigenvalue weighted by Gasteiger charge is 2.35. The third-order valence-electron chi connectivity index (χ3n) is 5.08. The van der Waals surface area contributed by atoms with Crippen molar-refractivity contribution < 1.29 is 0 Å². The van der Waals surface area contributed by atoms with Gasteiger partial charge in [0.05, 0.1) is 0 Å². The van der Waals surface area contributed by atoms with Crippen molar-refractivity contribution in [2.45, 2.75) is 44.7 Å². The lowest BCUT2D eigenvalue weighted by molar-refractivity contribution is -0.00498. The van der Waals surface area contributed by atoms with Crippen LogP contribution in [0.1, 0.15) is 32.6 Å². The van der Waals surface area contributed by atoms with E-state index in [-0.39, 0.29) is 0 Å². The Kier molecular flexibility index (Phi) is 3.69. The van der Waals surface area contributed by atoms with Gasteiger partial charge in [-0.25, -0.2) is 0 Å². The molecular formula is C14H27N3. The van der Waals surface area contributed by atoms with Gasteiger partial charge in [-0.2, -0.15) is 0 Å². The average Bonchev–Trinajstić information content (AvgIpc) is 2.23. The predicted octanol–water partition coefficient (Wildman–Crippen LogP) is 1.15. The SMILES string of the molecule is CC(CC1CCC1)N1CC(N2CCNCC2)C1. The van der Waals surface area contributed by atoms with E-state index in [1.54, 1.807) is 0 Å². The van der Waals surface area contributed by atoms with Gasteiger partial charge >= 0.3 is 0 Å². The summed E-state index contributed by atoms with van der Waals surface area (Å²) in [7, 11) is 0. The van der Waals surface area contributed by atoms with Crippen molar-refractivity contribution in [2.24, 2.45) is 5.92 Å². The van der Waals surface area contributed by atoms with E-state index >= 15 is 0 Å². The van der Waals surface area contributed by atoms with Crippen LogP contribution in [0.2, 0.25) is 0 Å². The number of hydrogen-bond donors (Lipinski definition) is 1. The maximum atomic E-state index is 3.44. The van der Waals surface area contributed by atoms with E-state index in [1.165, 1.54) is 65.0 Å². The highest BCUT2D eigenvalue weighted by molar-refractivity contribution is 4.92. The van der Waals surface area contributed by atoms with E-state index in [1.807, 2.05) is 0 Å². The third-order valence-corrected chi connectivity index (χ3v) is 5.08. The number of likely N-dealkylation sites (tertiary alicyclic amines) is 1. The summed E-state index contributed by atoms with van der Waals surface area (Å²) >= 11 is 0. The summed E-state index contributed by atoms with van der Waals surface area (Å²) in [6.45, 7) is 9.99. The molecule has 3 rings (SSSR count). The van der Waals surface area contributed by atoms with Crippen LogP contribution in [0, 0.1) is 5.92 Å². The molecule has 17 heavy (non-hydrogen) atoms. The van der Waals surface area contributed by atoms with Crippen LogP contribution >= 0.6 is 0 Å². The summed E-state index contributed by atoms with van der Waals surface area (Å²) in [5, 5.41) is 3.44. The highest BCUT2D eigenvalue weighted by Crippen LogP contribution is 2.32. The van der Waals surface area contributed by atoms with Gasteiger partial charge in [0.25, 0.3) is 0 Å². The van der Waals surface area contributed by atoms with Crippen LogP contribution < -0.4 is 5.32 Å². The molecule has 1 saturated carbocycles. The summed E-state index contributed by atoms with van der Waals surface area (Å²) in [5.74, 6) is 1.06. The van der Waals surface area contributed by atoms with Crippen molar-refractivity contribution in [1.29, 1.82) is 0 Å². The van der Waals surface area contributed by atoms with Gasteiger partial charge in [-0.1, -0.05) is 19.3 Å². The van der Waals surface area contributed by atoms with Gasteiger partial charge < -0.3 is 5.32 Å². The minimum Gasteiger partial charge on any atom is -0.314 e. The second kappa shape index (κ2) is 5.25. The molecule has 0 aromatic rings. The first kappa shape index (κ1) is 11.9. The van der Waals surface area contributed by atoms with E-state index in [4.69, 9.17) is 0 Å². The lowest BCUT2D eigenvalue weighted by Crippen LogP contribution is -2.64. The molecule has 2 saturated heterocycles. The van der Waals surface area contributed by atoms with Gasteiger partial charge in [0.1, 0.15) is 0 Å². The fourth-order valence-electron chi connectivity index (χ4n) is 3.49. The van der Waals surface area contributed by atoms with Crippen molar-refractivity contribution in [3.63, 3.8) is 0 Å². The first-order chi connectivity index (χ1) is 8.33. The van der Waals surface area contributed by atoms with E-state index < -0.39 is 0 Å². The molecule has 0 amide bonds. The minimum absolute atomic E-state index is 0.833. The Labute approximate surface area is 106 Å². The van der Waals surface area contributed by atoms with Gasteiger partial charge in [0, 0.05) is 51.4 Å². The summed E-state index contributed by atoms with van der Waals surface area (Å²) in [4.78, 5) is 5.38. The molecule has 2 aliphatic heterocycles. The first-order valence-corrected chi connectivity index (χ1v) is 7.52. The van der Waals surface area contributed by atoms with E-state index in [0.717, 1.165) is 18.0 Å². The van der Waals surface area contributed by atoms with Crippen LogP contribution in [0.15, 0.2) is 0 Å². The smallest absolute Gasteiger partial charge is 0.0351 e.